The Morgan fingerprint density at radius 1 is 1.33 bits per heavy atom. The van der Waals surface area contributed by atoms with Gasteiger partial charge in [0.25, 0.3) is 5.56 Å². The molecular weight excluding hydrogens is 416 g/mol. The van der Waals surface area contributed by atoms with Crippen molar-refractivity contribution in [3.8, 4) is 11.3 Å². The maximum atomic E-state index is 12.8. The summed E-state index contributed by atoms with van der Waals surface area (Å²) in [4.78, 5) is 41.2. The molecule has 1 aliphatic heterocycles. The molecule has 0 atom stereocenters. The second-order valence-corrected chi connectivity index (χ2v) is 9.31. The molecule has 1 amide bonds. The van der Waals surface area contributed by atoms with Gasteiger partial charge in [-0.1, -0.05) is 26.8 Å². The van der Waals surface area contributed by atoms with Crippen LogP contribution in [0, 0.1) is 5.92 Å². The van der Waals surface area contributed by atoms with E-state index in [-0.39, 0.29) is 17.5 Å². The average molecular weight is 451 g/mol. The zero-order valence-electron chi connectivity index (χ0n) is 19.8. The SMILES string of the molecule is CCc1cncc(-c2c[nH]c(=O)c(N(CC3CC3)C3CN(C(=O)/C=C/CNC(C)C)C3)c2)n1. The number of pyridine rings is 1. The minimum Gasteiger partial charge on any atom is -0.360 e. The van der Waals surface area contributed by atoms with E-state index in [9.17, 15) is 9.59 Å². The van der Waals surface area contributed by atoms with E-state index < -0.39 is 0 Å². The lowest BCUT2D eigenvalue weighted by Crippen LogP contribution is -2.62. The first-order valence-electron chi connectivity index (χ1n) is 11.9. The number of aromatic amines is 1. The molecule has 2 aromatic rings. The monoisotopic (exact) mass is 450 g/mol. The number of hydrogen-bond donors (Lipinski definition) is 2. The third-order valence-corrected chi connectivity index (χ3v) is 6.21. The van der Waals surface area contributed by atoms with Crippen LogP contribution in [-0.4, -0.2) is 64.0 Å². The smallest absolute Gasteiger partial charge is 0.271 e. The Morgan fingerprint density at radius 3 is 2.82 bits per heavy atom. The van der Waals surface area contributed by atoms with Crippen LogP contribution in [0.2, 0.25) is 0 Å². The number of nitrogens with one attached hydrogen (secondary N) is 2. The highest BCUT2D eigenvalue weighted by atomic mass is 16.2. The fourth-order valence-electron chi connectivity index (χ4n) is 3.97. The number of carbonyl (C=O) groups is 1. The van der Waals surface area contributed by atoms with Gasteiger partial charge in [0.15, 0.2) is 0 Å². The summed E-state index contributed by atoms with van der Waals surface area (Å²) < 4.78 is 0. The van der Waals surface area contributed by atoms with Crippen molar-refractivity contribution in [1.82, 2.24) is 25.2 Å². The molecule has 1 aliphatic carbocycles. The van der Waals surface area contributed by atoms with E-state index in [4.69, 9.17) is 0 Å². The van der Waals surface area contributed by atoms with Crippen molar-refractivity contribution in [2.24, 2.45) is 5.92 Å². The summed E-state index contributed by atoms with van der Waals surface area (Å²) >= 11 is 0. The first kappa shape index (κ1) is 23.2. The molecule has 33 heavy (non-hydrogen) atoms. The maximum Gasteiger partial charge on any atom is 0.271 e. The van der Waals surface area contributed by atoms with E-state index >= 15 is 0 Å². The van der Waals surface area contributed by atoms with Crippen LogP contribution in [0.25, 0.3) is 11.3 Å². The van der Waals surface area contributed by atoms with Crippen molar-refractivity contribution >= 4 is 11.6 Å². The number of nitrogens with zero attached hydrogens (tertiary/aromatic N) is 4. The van der Waals surface area contributed by atoms with Crippen molar-refractivity contribution in [2.45, 2.75) is 52.1 Å². The van der Waals surface area contributed by atoms with E-state index in [1.54, 1.807) is 24.7 Å². The molecule has 2 N–H and O–H groups in total. The summed E-state index contributed by atoms with van der Waals surface area (Å²) in [5.41, 5.74) is 3.06. The number of H-pyrrole nitrogens is 1. The summed E-state index contributed by atoms with van der Waals surface area (Å²) in [6.07, 6.45) is 11.9. The van der Waals surface area contributed by atoms with Gasteiger partial charge in [0, 0.05) is 56.3 Å². The summed E-state index contributed by atoms with van der Waals surface area (Å²) in [5, 5.41) is 3.27. The van der Waals surface area contributed by atoms with Gasteiger partial charge in [-0.25, -0.2) is 4.98 Å². The summed E-state index contributed by atoms with van der Waals surface area (Å²) in [6.45, 7) is 8.97. The lowest BCUT2D eigenvalue weighted by atomic mass is 10.0. The molecule has 2 aliphatic rings. The predicted octanol–water partition coefficient (Wildman–Crippen LogP) is 2.38. The second-order valence-electron chi connectivity index (χ2n) is 9.31. The molecule has 0 radical (unpaired) electrons. The highest BCUT2D eigenvalue weighted by molar-refractivity contribution is 5.88. The van der Waals surface area contributed by atoms with Crippen molar-refractivity contribution < 1.29 is 4.79 Å². The first-order valence-corrected chi connectivity index (χ1v) is 11.9. The fraction of sp³-hybridized carbons (Fsp3) is 0.520. The Bertz CT molecular complexity index is 1050. The number of anilines is 1. The van der Waals surface area contributed by atoms with E-state index in [0.29, 0.717) is 37.3 Å². The van der Waals surface area contributed by atoms with Crippen LogP contribution in [-0.2, 0) is 11.2 Å². The number of hydrogen-bond acceptors (Lipinski definition) is 6. The van der Waals surface area contributed by atoms with E-state index in [0.717, 1.165) is 29.9 Å². The second kappa shape index (κ2) is 10.3. The van der Waals surface area contributed by atoms with E-state index in [1.807, 2.05) is 24.0 Å². The van der Waals surface area contributed by atoms with Crippen molar-refractivity contribution in [2.75, 3.05) is 31.1 Å². The van der Waals surface area contributed by atoms with Gasteiger partial charge >= 0.3 is 0 Å². The van der Waals surface area contributed by atoms with Crippen molar-refractivity contribution in [1.29, 1.82) is 0 Å². The Kier molecular flexibility index (Phi) is 7.23. The number of aromatic nitrogens is 3. The highest BCUT2D eigenvalue weighted by Crippen LogP contribution is 2.33. The molecule has 1 saturated carbocycles. The number of carbonyl (C=O) groups excluding carboxylic acids is 1. The summed E-state index contributed by atoms with van der Waals surface area (Å²) in [7, 11) is 0. The van der Waals surface area contributed by atoms with Crippen LogP contribution < -0.4 is 15.8 Å². The molecular formula is C25H34N6O2. The first-order chi connectivity index (χ1) is 15.9. The van der Waals surface area contributed by atoms with Gasteiger partial charge in [-0.15, -0.1) is 0 Å². The van der Waals surface area contributed by atoms with Crippen LogP contribution in [0.5, 0.6) is 0 Å². The molecule has 2 fully saturated rings. The molecule has 8 heteroatoms. The Balaban J connectivity index is 1.48. The molecule has 0 unspecified atom stereocenters. The molecule has 3 heterocycles. The maximum absolute atomic E-state index is 12.8. The van der Waals surface area contributed by atoms with Crippen molar-refractivity contribution in [3.63, 3.8) is 0 Å². The minimum atomic E-state index is -0.108. The molecule has 0 bridgehead atoms. The zero-order chi connectivity index (χ0) is 23.4. The van der Waals surface area contributed by atoms with Gasteiger partial charge in [-0.2, -0.15) is 0 Å². The van der Waals surface area contributed by atoms with Crippen molar-refractivity contribution in [3.05, 3.63) is 52.9 Å². The van der Waals surface area contributed by atoms with Crippen LogP contribution >= 0.6 is 0 Å². The average Bonchev–Trinajstić information content (AvgIpc) is 3.59. The molecule has 2 aromatic heterocycles. The number of aryl methyl sites for hydroxylation is 1. The lowest BCUT2D eigenvalue weighted by molar-refractivity contribution is -0.130. The number of likely N-dealkylation sites (tertiary alicyclic amines) is 1. The van der Waals surface area contributed by atoms with Gasteiger partial charge in [0.05, 0.1) is 23.6 Å². The molecule has 0 aromatic carbocycles. The van der Waals surface area contributed by atoms with Crippen LogP contribution in [0.3, 0.4) is 0 Å². The minimum absolute atomic E-state index is 0.0255. The molecule has 8 nitrogen and oxygen atoms in total. The largest absolute Gasteiger partial charge is 0.360 e. The fourth-order valence-corrected chi connectivity index (χ4v) is 3.97. The van der Waals surface area contributed by atoms with Crippen LogP contribution in [0.1, 0.15) is 39.3 Å². The Hall–Kier alpha value is -3.00. The quantitative estimate of drug-likeness (QED) is 0.540. The molecule has 1 saturated heterocycles. The van der Waals surface area contributed by atoms with Crippen LogP contribution in [0.4, 0.5) is 5.69 Å². The predicted molar refractivity (Wildman–Crippen MR) is 130 cm³/mol. The molecule has 4 rings (SSSR count). The standard InChI is InChI=1S/C25H34N6O2/c1-4-20-12-26-13-22(29-20)19-10-23(25(33)28-11-19)31(14-18-7-8-18)21-15-30(16-21)24(32)6-5-9-27-17(2)3/h5-6,10-13,17-18,21,27H,4,7-9,14-16H2,1-3H3,(H,28,33)/b6-5+. The summed E-state index contributed by atoms with van der Waals surface area (Å²) in [5.74, 6) is 0.639. The van der Waals surface area contributed by atoms with Gasteiger partial charge in [-0.3, -0.25) is 14.6 Å². The molecule has 176 valence electrons. The lowest BCUT2D eigenvalue weighted by Gasteiger charge is -2.46. The van der Waals surface area contributed by atoms with E-state index in [2.05, 4.69) is 39.0 Å². The number of amides is 1. The summed E-state index contributed by atoms with van der Waals surface area (Å²) in [6, 6.07) is 2.45. The van der Waals surface area contributed by atoms with E-state index in [1.165, 1.54) is 12.8 Å². The highest BCUT2D eigenvalue weighted by Gasteiger charge is 2.37. The normalized spacial score (nSPS) is 16.4. The van der Waals surface area contributed by atoms with Gasteiger partial charge < -0.3 is 20.1 Å². The topological polar surface area (TPSA) is 94.2 Å². The van der Waals surface area contributed by atoms with Gasteiger partial charge in [-0.05, 0) is 31.2 Å². The van der Waals surface area contributed by atoms with Gasteiger partial charge in [0.1, 0.15) is 5.69 Å². The number of rotatable bonds is 10. The zero-order valence-corrected chi connectivity index (χ0v) is 19.8. The molecule has 0 spiro atoms. The van der Waals surface area contributed by atoms with Gasteiger partial charge in [0.2, 0.25) is 5.91 Å². The Morgan fingerprint density at radius 2 is 2.12 bits per heavy atom. The third-order valence-electron chi connectivity index (χ3n) is 6.21. The van der Waals surface area contributed by atoms with Crippen LogP contribution in [0.15, 0.2) is 41.6 Å². The Labute approximate surface area is 195 Å². The third kappa shape index (κ3) is 5.87.